The van der Waals surface area contributed by atoms with E-state index in [0.29, 0.717) is 26.1 Å². The van der Waals surface area contributed by atoms with Gasteiger partial charge < -0.3 is 9.64 Å². The van der Waals surface area contributed by atoms with Crippen molar-refractivity contribution in [3.05, 3.63) is 82.7 Å². The van der Waals surface area contributed by atoms with Crippen molar-refractivity contribution in [2.75, 3.05) is 19.7 Å². The van der Waals surface area contributed by atoms with Crippen molar-refractivity contribution in [2.45, 2.75) is 32.3 Å². The molecule has 1 fully saturated rings. The summed E-state index contributed by atoms with van der Waals surface area (Å²) in [5.74, 6) is -0.781. The topological polar surface area (TPSA) is 46.8 Å². The summed E-state index contributed by atoms with van der Waals surface area (Å²) in [7, 11) is 0. The third-order valence-corrected chi connectivity index (χ3v) is 7.00. The van der Waals surface area contributed by atoms with Crippen molar-refractivity contribution in [3.63, 3.8) is 0 Å². The normalized spacial score (nSPS) is 15.9. The quantitative estimate of drug-likeness (QED) is 0.370. The summed E-state index contributed by atoms with van der Waals surface area (Å²) >= 11 is 1.59. The van der Waals surface area contributed by atoms with Crippen LogP contribution < -0.4 is 0 Å². The third-order valence-electron chi connectivity index (χ3n) is 6.11. The van der Waals surface area contributed by atoms with Crippen molar-refractivity contribution in [2.24, 2.45) is 0 Å². The van der Waals surface area contributed by atoms with Crippen LogP contribution in [0.5, 0.6) is 0 Å². The molecule has 0 aliphatic carbocycles. The highest BCUT2D eigenvalue weighted by Gasteiger charge is 2.25. The van der Waals surface area contributed by atoms with Gasteiger partial charge in [-0.3, -0.25) is 9.20 Å². The molecule has 1 saturated heterocycles. The first kappa shape index (κ1) is 21.8. The van der Waals surface area contributed by atoms with Gasteiger partial charge in [0.25, 0.3) is 5.91 Å². The molecule has 1 amide bonds. The fourth-order valence-corrected chi connectivity index (χ4v) is 5.14. The first-order valence-corrected chi connectivity index (χ1v) is 12.1. The number of benzene rings is 2. The number of fused-ring (bicyclic) bond motifs is 1. The molecular formula is C26H26FN3O2S. The molecule has 5 nitrogen and oxygen atoms in total. The van der Waals surface area contributed by atoms with Crippen LogP contribution >= 0.6 is 11.3 Å². The van der Waals surface area contributed by atoms with Crippen LogP contribution in [0.4, 0.5) is 4.39 Å². The number of imidazole rings is 1. The van der Waals surface area contributed by atoms with E-state index in [9.17, 15) is 9.18 Å². The zero-order chi connectivity index (χ0) is 22.8. The molecule has 0 spiro atoms. The van der Waals surface area contributed by atoms with Crippen LogP contribution in [0.3, 0.4) is 0 Å². The molecule has 170 valence electrons. The van der Waals surface area contributed by atoms with Gasteiger partial charge in [-0.05, 0) is 31.9 Å². The number of aryl methyl sites for hydroxylation is 1. The van der Waals surface area contributed by atoms with Gasteiger partial charge in [-0.1, -0.05) is 42.0 Å². The van der Waals surface area contributed by atoms with Crippen molar-refractivity contribution < 1.29 is 13.9 Å². The van der Waals surface area contributed by atoms with Crippen LogP contribution in [0, 0.1) is 12.7 Å². The highest BCUT2D eigenvalue weighted by atomic mass is 32.1. The SMILES string of the molecule is Cc1ccc(-c2cn3c(CCN(CC4CCCO4)C(=O)c4ccccc4F)csc3n2)cc1. The Balaban J connectivity index is 1.36. The van der Waals surface area contributed by atoms with Gasteiger partial charge >= 0.3 is 0 Å². The number of rotatable bonds is 7. The Hall–Kier alpha value is -3.03. The summed E-state index contributed by atoms with van der Waals surface area (Å²) in [6, 6.07) is 14.5. The standard InChI is InChI=1S/C26H26FN3O2S/c1-18-8-10-19(11-9-18)24-16-30-20(17-33-26(30)28-24)12-13-29(15-21-5-4-14-32-21)25(31)22-6-2-3-7-23(22)27/h2-3,6-11,16-17,21H,4-5,12-15H2,1H3. The number of amides is 1. The van der Waals surface area contributed by atoms with E-state index in [1.165, 1.54) is 11.6 Å². The zero-order valence-electron chi connectivity index (χ0n) is 18.5. The summed E-state index contributed by atoms with van der Waals surface area (Å²) in [5, 5.41) is 2.08. The molecule has 0 N–H and O–H groups in total. The highest BCUT2D eigenvalue weighted by Crippen LogP contribution is 2.25. The fourth-order valence-electron chi connectivity index (χ4n) is 4.24. The van der Waals surface area contributed by atoms with Crippen LogP contribution in [-0.2, 0) is 11.2 Å². The average molecular weight is 464 g/mol. The minimum Gasteiger partial charge on any atom is -0.376 e. The molecule has 3 heterocycles. The van der Waals surface area contributed by atoms with Gasteiger partial charge in [-0.25, -0.2) is 9.37 Å². The van der Waals surface area contributed by atoms with Crippen LogP contribution in [0.15, 0.2) is 60.1 Å². The van der Waals surface area contributed by atoms with Gasteiger partial charge in [0.15, 0.2) is 4.96 Å². The van der Waals surface area contributed by atoms with E-state index in [1.54, 1.807) is 34.4 Å². The molecule has 0 bridgehead atoms. The Morgan fingerprint density at radius 1 is 1.24 bits per heavy atom. The van der Waals surface area contributed by atoms with Crippen LogP contribution in [-0.4, -0.2) is 46.0 Å². The molecular weight excluding hydrogens is 437 g/mol. The van der Waals surface area contributed by atoms with E-state index < -0.39 is 5.82 Å². The predicted octanol–water partition coefficient (Wildman–Crippen LogP) is 5.37. The van der Waals surface area contributed by atoms with E-state index in [2.05, 4.69) is 47.2 Å². The molecule has 2 aromatic carbocycles. The van der Waals surface area contributed by atoms with Crippen LogP contribution in [0.1, 0.15) is 34.5 Å². The second-order valence-corrected chi connectivity index (χ2v) is 9.32. The van der Waals surface area contributed by atoms with E-state index in [4.69, 9.17) is 9.72 Å². The molecule has 33 heavy (non-hydrogen) atoms. The molecule has 0 saturated carbocycles. The number of ether oxygens (including phenoxy) is 1. The van der Waals surface area contributed by atoms with E-state index in [1.807, 2.05) is 0 Å². The maximum atomic E-state index is 14.3. The van der Waals surface area contributed by atoms with Gasteiger partial charge in [0, 0.05) is 49.0 Å². The number of halogens is 1. The molecule has 1 aliphatic heterocycles. The van der Waals surface area contributed by atoms with Crippen LogP contribution in [0.2, 0.25) is 0 Å². The van der Waals surface area contributed by atoms with Crippen molar-refractivity contribution in [1.29, 1.82) is 0 Å². The lowest BCUT2D eigenvalue weighted by atomic mass is 10.1. The molecule has 1 atom stereocenters. The smallest absolute Gasteiger partial charge is 0.256 e. The minimum absolute atomic E-state index is 0.00426. The molecule has 5 rings (SSSR count). The summed E-state index contributed by atoms with van der Waals surface area (Å²) in [6.07, 6.45) is 4.62. The third kappa shape index (κ3) is 4.70. The summed E-state index contributed by atoms with van der Waals surface area (Å²) in [5.41, 5.74) is 4.42. The Bertz CT molecular complexity index is 1260. The van der Waals surface area contributed by atoms with Crippen molar-refractivity contribution >= 4 is 22.2 Å². The van der Waals surface area contributed by atoms with Crippen molar-refractivity contribution in [1.82, 2.24) is 14.3 Å². The number of nitrogens with zero attached hydrogens (tertiary/aromatic N) is 3. The van der Waals surface area contributed by atoms with Crippen molar-refractivity contribution in [3.8, 4) is 11.3 Å². The van der Waals surface area contributed by atoms with E-state index in [0.717, 1.165) is 34.8 Å². The summed E-state index contributed by atoms with van der Waals surface area (Å²) in [4.78, 5) is 20.6. The van der Waals surface area contributed by atoms with E-state index in [-0.39, 0.29) is 17.6 Å². The molecule has 0 radical (unpaired) electrons. The Morgan fingerprint density at radius 2 is 2.06 bits per heavy atom. The summed E-state index contributed by atoms with van der Waals surface area (Å²) in [6.45, 7) is 3.74. The fraction of sp³-hybridized carbons (Fsp3) is 0.308. The maximum absolute atomic E-state index is 14.3. The predicted molar refractivity (Wildman–Crippen MR) is 128 cm³/mol. The number of carbonyl (C=O) groups is 1. The van der Waals surface area contributed by atoms with Gasteiger partial charge in [0.05, 0.1) is 17.4 Å². The van der Waals surface area contributed by atoms with Gasteiger partial charge in [-0.2, -0.15) is 0 Å². The average Bonchev–Trinajstić information content (AvgIpc) is 3.55. The lowest BCUT2D eigenvalue weighted by Crippen LogP contribution is -2.39. The summed E-state index contributed by atoms with van der Waals surface area (Å²) < 4.78 is 22.2. The number of thiazole rings is 1. The minimum atomic E-state index is -0.491. The van der Waals surface area contributed by atoms with E-state index >= 15 is 0 Å². The Kier molecular flexibility index (Phi) is 6.24. The Morgan fingerprint density at radius 3 is 2.82 bits per heavy atom. The first-order chi connectivity index (χ1) is 16.1. The molecule has 2 aromatic heterocycles. The number of hydrogen-bond acceptors (Lipinski definition) is 4. The molecule has 1 aliphatic rings. The maximum Gasteiger partial charge on any atom is 0.256 e. The second kappa shape index (κ2) is 9.45. The molecule has 7 heteroatoms. The largest absolute Gasteiger partial charge is 0.376 e. The monoisotopic (exact) mass is 463 g/mol. The molecule has 4 aromatic rings. The zero-order valence-corrected chi connectivity index (χ0v) is 19.4. The van der Waals surface area contributed by atoms with Gasteiger partial charge in [0.2, 0.25) is 0 Å². The van der Waals surface area contributed by atoms with Gasteiger partial charge in [-0.15, -0.1) is 11.3 Å². The second-order valence-electron chi connectivity index (χ2n) is 8.49. The lowest BCUT2D eigenvalue weighted by molar-refractivity contribution is 0.0524. The number of carbonyl (C=O) groups excluding carboxylic acids is 1. The highest BCUT2D eigenvalue weighted by molar-refractivity contribution is 7.15. The molecule has 1 unspecified atom stereocenters. The number of hydrogen-bond donors (Lipinski definition) is 0. The number of aromatic nitrogens is 2. The van der Waals surface area contributed by atoms with Crippen LogP contribution in [0.25, 0.3) is 16.2 Å². The first-order valence-electron chi connectivity index (χ1n) is 11.3. The Labute approximate surface area is 196 Å². The van der Waals surface area contributed by atoms with Gasteiger partial charge in [0.1, 0.15) is 5.82 Å². The lowest BCUT2D eigenvalue weighted by Gasteiger charge is -2.25.